The number of alkyl halides is 1. The molecule has 0 bridgehead atoms. The minimum absolute atomic E-state index is 0.148. The third-order valence-corrected chi connectivity index (χ3v) is 2.51. The SMILES string of the molecule is FC=C(F)C(F)c1ccccc1I. The summed E-state index contributed by atoms with van der Waals surface area (Å²) in [5, 5.41) is 0. The normalized spacial score (nSPS) is 14.3. The first-order valence-corrected chi connectivity index (χ1v) is 4.59. The summed E-state index contributed by atoms with van der Waals surface area (Å²) >= 11 is 1.87. The van der Waals surface area contributed by atoms with E-state index in [9.17, 15) is 13.2 Å². The Morgan fingerprint density at radius 3 is 2.54 bits per heavy atom. The molecular weight excluding hydrogens is 292 g/mol. The second kappa shape index (κ2) is 4.64. The average molecular weight is 298 g/mol. The van der Waals surface area contributed by atoms with Crippen LogP contribution in [0, 0.1) is 3.57 Å². The Labute approximate surface area is 87.6 Å². The van der Waals surface area contributed by atoms with Gasteiger partial charge < -0.3 is 0 Å². The summed E-state index contributed by atoms with van der Waals surface area (Å²) in [5.41, 5.74) is 0.148. The van der Waals surface area contributed by atoms with Crippen molar-refractivity contribution in [3.05, 3.63) is 45.6 Å². The lowest BCUT2D eigenvalue weighted by molar-refractivity contribution is 0.325. The van der Waals surface area contributed by atoms with Gasteiger partial charge in [0.15, 0.2) is 12.0 Å². The largest absolute Gasteiger partial charge is 0.234 e. The summed E-state index contributed by atoms with van der Waals surface area (Å²) in [6.45, 7) is 0. The third kappa shape index (κ3) is 2.46. The fourth-order valence-electron chi connectivity index (χ4n) is 0.884. The van der Waals surface area contributed by atoms with Crippen LogP contribution < -0.4 is 0 Å². The zero-order valence-corrected chi connectivity index (χ0v) is 8.63. The molecule has 0 saturated carbocycles. The van der Waals surface area contributed by atoms with Gasteiger partial charge in [-0.2, -0.15) is 0 Å². The number of hydrogen-bond donors (Lipinski definition) is 0. The van der Waals surface area contributed by atoms with Gasteiger partial charge in [0.25, 0.3) is 0 Å². The summed E-state index contributed by atoms with van der Waals surface area (Å²) in [5.74, 6) is -1.40. The van der Waals surface area contributed by atoms with Crippen molar-refractivity contribution < 1.29 is 13.2 Å². The summed E-state index contributed by atoms with van der Waals surface area (Å²) in [4.78, 5) is 0. The van der Waals surface area contributed by atoms with Gasteiger partial charge in [-0.15, -0.1) is 0 Å². The molecular formula is C9H6F3I. The molecule has 0 spiro atoms. The highest BCUT2D eigenvalue weighted by molar-refractivity contribution is 14.1. The van der Waals surface area contributed by atoms with Crippen LogP contribution in [-0.4, -0.2) is 0 Å². The molecule has 0 fully saturated rings. The molecule has 13 heavy (non-hydrogen) atoms. The van der Waals surface area contributed by atoms with Gasteiger partial charge >= 0.3 is 0 Å². The Bertz CT molecular complexity index is 322. The van der Waals surface area contributed by atoms with Crippen LogP contribution in [0.1, 0.15) is 11.7 Å². The molecule has 0 amide bonds. The Morgan fingerprint density at radius 1 is 1.38 bits per heavy atom. The van der Waals surface area contributed by atoms with Gasteiger partial charge in [0, 0.05) is 9.13 Å². The van der Waals surface area contributed by atoms with Crippen molar-refractivity contribution in [3.8, 4) is 0 Å². The van der Waals surface area contributed by atoms with Gasteiger partial charge in [-0.3, -0.25) is 0 Å². The van der Waals surface area contributed by atoms with Crippen molar-refractivity contribution >= 4 is 22.6 Å². The minimum atomic E-state index is -2.00. The number of halogens is 4. The van der Waals surface area contributed by atoms with E-state index in [2.05, 4.69) is 0 Å². The highest BCUT2D eigenvalue weighted by atomic mass is 127. The lowest BCUT2D eigenvalue weighted by Crippen LogP contribution is -1.94. The standard InChI is InChI=1S/C9H6F3I/c10-5-7(11)9(12)6-3-1-2-4-8(6)13/h1-5,9H. The van der Waals surface area contributed by atoms with Crippen molar-refractivity contribution in [1.29, 1.82) is 0 Å². The van der Waals surface area contributed by atoms with Crippen LogP contribution in [0.5, 0.6) is 0 Å². The smallest absolute Gasteiger partial charge is 0.180 e. The number of hydrogen-bond acceptors (Lipinski definition) is 0. The van der Waals surface area contributed by atoms with Gasteiger partial charge in [0.05, 0.1) is 0 Å². The van der Waals surface area contributed by atoms with Gasteiger partial charge in [-0.25, -0.2) is 13.2 Å². The molecule has 0 N–H and O–H groups in total. The fourth-order valence-corrected chi connectivity index (χ4v) is 1.55. The van der Waals surface area contributed by atoms with Gasteiger partial charge in [-0.1, -0.05) is 18.2 Å². The maximum absolute atomic E-state index is 13.1. The molecule has 1 atom stereocenters. The van der Waals surface area contributed by atoms with Gasteiger partial charge in [0.2, 0.25) is 0 Å². The van der Waals surface area contributed by atoms with Crippen LogP contribution in [-0.2, 0) is 0 Å². The quantitative estimate of drug-likeness (QED) is 0.722. The molecule has 0 aliphatic carbocycles. The number of allylic oxidation sites excluding steroid dienone is 1. The predicted octanol–water partition coefficient (Wildman–Crippen LogP) is 4.08. The van der Waals surface area contributed by atoms with Crippen LogP contribution in [0.15, 0.2) is 36.4 Å². The van der Waals surface area contributed by atoms with Crippen LogP contribution in [0.25, 0.3) is 0 Å². The van der Waals surface area contributed by atoms with Crippen molar-refractivity contribution in [1.82, 2.24) is 0 Å². The zero-order chi connectivity index (χ0) is 9.84. The molecule has 0 nitrogen and oxygen atoms in total. The first-order chi connectivity index (χ1) is 6.16. The molecule has 1 rings (SSSR count). The lowest BCUT2D eigenvalue weighted by atomic mass is 10.1. The molecule has 0 aliphatic rings. The van der Waals surface area contributed by atoms with E-state index in [0.717, 1.165) is 0 Å². The van der Waals surface area contributed by atoms with Crippen LogP contribution in [0.2, 0.25) is 0 Å². The zero-order valence-electron chi connectivity index (χ0n) is 6.48. The molecule has 4 heteroatoms. The van der Waals surface area contributed by atoms with E-state index < -0.39 is 12.0 Å². The van der Waals surface area contributed by atoms with Crippen LogP contribution in [0.4, 0.5) is 13.2 Å². The van der Waals surface area contributed by atoms with Crippen molar-refractivity contribution in [2.75, 3.05) is 0 Å². The Balaban J connectivity index is 3.02. The maximum Gasteiger partial charge on any atom is 0.180 e. The molecule has 0 saturated heterocycles. The van der Waals surface area contributed by atoms with E-state index in [1.807, 2.05) is 22.6 Å². The molecule has 1 aromatic rings. The molecule has 1 unspecified atom stereocenters. The van der Waals surface area contributed by atoms with Crippen molar-refractivity contribution in [2.45, 2.75) is 6.17 Å². The van der Waals surface area contributed by atoms with Crippen molar-refractivity contribution in [3.63, 3.8) is 0 Å². The second-order valence-electron chi connectivity index (χ2n) is 2.38. The van der Waals surface area contributed by atoms with E-state index in [4.69, 9.17) is 0 Å². The highest BCUT2D eigenvalue weighted by Crippen LogP contribution is 2.29. The maximum atomic E-state index is 13.1. The molecule has 1 aromatic carbocycles. The molecule has 70 valence electrons. The predicted molar refractivity (Wildman–Crippen MR) is 53.3 cm³/mol. The summed E-state index contributed by atoms with van der Waals surface area (Å²) < 4.78 is 37.8. The topological polar surface area (TPSA) is 0 Å². The lowest BCUT2D eigenvalue weighted by Gasteiger charge is -2.06. The summed E-state index contributed by atoms with van der Waals surface area (Å²) in [7, 11) is 0. The summed E-state index contributed by atoms with van der Waals surface area (Å²) in [6.07, 6.45) is -2.36. The van der Waals surface area contributed by atoms with E-state index in [1.54, 1.807) is 18.2 Å². The molecule has 0 aromatic heterocycles. The van der Waals surface area contributed by atoms with E-state index in [0.29, 0.717) is 3.57 Å². The monoisotopic (exact) mass is 298 g/mol. The first kappa shape index (κ1) is 10.6. The van der Waals surface area contributed by atoms with Crippen LogP contribution >= 0.6 is 22.6 Å². The highest BCUT2D eigenvalue weighted by Gasteiger charge is 2.17. The Hall–Kier alpha value is -0.520. The minimum Gasteiger partial charge on any atom is -0.234 e. The molecule has 0 aliphatic heterocycles. The average Bonchev–Trinajstić information content (AvgIpc) is 2.16. The van der Waals surface area contributed by atoms with E-state index in [-0.39, 0.29) is 11.9 Å². The Kier molecular flexibility index (Phi) is 3.77. The number of rotatable bonds is 2. The third-order valence-electron chi connectivity index (χ3n) is 1.52. The fraction of sp³-hybridized carbons (Fsp3) is 0.111. The van der Waals surface area contributed by atoms with E-state index in [1.165, 1.54) is 6.07 Å². The molecule has 0 radical (unpaired) electrons. The Morgan fingerprint density at radius 2 is 2.00 bits per heavy atom. The van der Waals surface area contributed by atoms with Gasteiger partial charge in [-0.05, 0) is 28.7 Å². The molecule has 0 heterocycles. The second-order valence-corrected chi connectivity index (χ2v) is 3.54. The number of benzene rings is 1. The van der Waals surface area contributed by atoms with Crippen LogP contribution in [0.3, 0.4) is 0 Å². The van der Waals surface area contributed by atoms with Gasteiger partial charge in [0.1, 0.15) is 6.33 Å². The first-order valence-electron chi connectivity index (χ1n) is 3.51. The van der Waals surface area contributed by atoms with E-state index >= 15 is 0 Å². The van der Waals surface area contributed by atoms with Crippen molar-refractivity contribution in [2.24, 2.45) is 0 Å². The summed E-state index contributed by atoms with van der Waals surface area (Å²) in [6, 6.07) is 6.34.